The topological polar surface area (TPSA) is 44.4 Å². The van der Waals surface area contributed by atoms with Crippen molar-refractivity contribution in [1.82, 2.24) is 10.6 Å². The van der Waals surface area contributed by atoms with Gasteiger partial charge < -0.3 is 15.5 Å². The van der Waals surface area contributed by atoms with Crippen LogP contribution >= 0.6 is 12.4 Å². The highest BCUT2D eigenvalue weighted by Gasteiger charge is 2.23. The lowest BCUT2D eigenvalue weighted by Gasteiger charge is -2.25. The van der Waals surface area contributed by atoms with Crippen molar-refractivity contribution in [3.8, 4) is 0 Å². The first kappa shape index (κ1) is 16.8. The quantitative estimate of drug-likeness (QED) is 0.753. The Hall–Kier alpha value is -1.26. The Bertz CT molecular complexity index is 395. The lowest BCUT2D eigenvalue weighted by molar-refractivity contribution is -0.126. The summed E-state index contributed by atoms with van der Waals surface area (Å²) in [6.07, 6.45) is 2.12. The average molecular weight is 298 g/mol. The van der Waals surface area contributed by atoms with Crippen LogP contribution in [0, 0.1) is 5.92 Å². The summed E-state index contributed by atoms with van der Waals surface area (Å²) < 4.78 is 0. The normalized spacial score (nSPS) is 14.1. The zero-order valence-electron chi connectivity index (χ0n) is 12.0. The number of para-hydroxylation sites is 1. The monoisotopic (exact) mass is 297 g/mol. The van der Waals surface area contributed by atoms with Crippen molar-refractivity contribution in [2.24, 2.45) is 5.92 Å². The van der Waals surface area contributed by atoms with Gasteiger partial charge in [0.2, 0.25) is 5.91 Å². The van der Waals surface area contributed by atoms with Crippen LogP contribution in [0.25, 0.3) is 0 Å². The number of anilines is 1. The second-order valence-corrected chi connectivity index (χ2v) is 5.11. The first-order valence-corrected chi connectivity index (χ1v) is 7.02. The van der Waals surface area contributed by atoms with Crippen molar-refractivity contribution >= 4 is 24.0 Å². The van der Waals surface area contributed by atoms with Crippen LogP contribution < -0.4 is 15.5 Å². The number of nitrogens with zero attached hydrogens (tertiary/aromatic N) is 1. The maximum absolute atomic E-state index is 11.6. The van der Waals surface area contributed by atoms with Gasteiger partial charge in [0.1, 0.15) is 0 Å². The Morgan fingerprint density at radius 1 is 1.30 bits per heavy atom. The highest BCUT2D eigenvalue weighted by atomic mass is 35.5. The van der Waals surface area contributed by atoms with Crippen molar-refractivity contribution in [3.05, 3.63) is 30.3 Å². The van der Waals surface area contributed by atoms with Crippen LogP contribution in [-0.2, 0) is 4.79 Å². The van der Waals surface area contributed by atoms with E-state index in [2.05, 4.69) is 46.8 Å². The number of carbonyl (C=O) groups excluding carboxylic acids is 1. The number of rotatable bonds is 7. The van der Waals surface area contributed by atoms with Crippen LogP contribution in [0.15, 0.2) is 30.3 Å². The minimum Gasteiger partial charge on any atom is -0.375 e. The fraction of sp³-hybridized carbons (Fsp3) is 0.533. The van der Waals surface area contributed by atoms with Gasteiger partial charge in [-0.05, 0) is 25.0 Å². The van der Waals surface area contributed by atoms with Gasteiger partial charge in [-0.15, -0.1) is 12.4 Å². The minimum atomic E-state index is 0. The van der Waals surface area contributed by atoms with Gasteiger partial charge in [-0.3, -0.25) is 4.79 Å². The molecule has 1 aromatic carbocycles. The van der Waals surface area contributed by atoms with E-state index in [1.807, 2.05) is 6.07 Å². The fourth-order valence-corrected chi connectivity index (χ4v) is 2.12. The van der Waals surface area contributed by atoms with E-state index in [1.54, 1.807) is 0 Å². The molecule has 2 rings (SSSR count). The number of amides is 1. The highest BCUT2D eigenvalue weighted by molar-refractivity contribution is 5.85. The lowest BCUT2D eigenvalue weighted by atomic mass is 10.0. The van der Waals surface area contributed by atoms with Crippen molar-refractivity contribution < 1.29 is 4.79 Å². The first-order valence-electron chi connectivity index (χ1n) is 7.02. The van der Waals surface area contributed by atoms with Gasteiger partial charge in [-0.25, -0.2) is 0 Å². The van der Waals surface area contributed by atoms with Gasteiger partial charge in [0.15, 0.2) is 0 Å². The predicted molar refractivity (Wildman–Crippen MR) is 85.6 cm³/mol. The summed E-state index contributed by atoms with van der Waals surface area (Å²) in [4.78, 5) is 13.8. The molecule has 0 saturated carbocycles. The zero-order chi connectivity index (χ0) is 13.5. The molecular formula is C15H24ClN3O. The van der Waals surface area contributed by atoms with E-state index in [0.29, 0.717) is 0 Å². The zero-order valence-corrected chi connectivity index (χ0v) is 12.8. The van der Waals surface area contributed by atoms with Gasteiger partial charge in [0.05, 0.1) is 5.92 Å². The van der Waals surface area contributed by atoms with Crippen LogP contribution in [-0.4, -0.2) is 39.1 Å². The molecular weight excluding hydrogens is 274 g/mol. The summed E-state index contributed by atoms with van der Waals surface area (Å²) in [7, 11) is 2.11. The van der Waals surface area contributed by atoms with E-state index >= 15 is 0 Å². The molecule has 0 aliphatic carbocycles. The molecule has 0 radical (unpaired) electrons. The minimum absolute atomic E-state index is 0. The summed E-state index contributed by atoms with van der Waals surface area (Å²) >= 11 is 0. The molecule has 1 fully saturated rings. The molecule has 0 atom stereocenters. The van der Waals surface area contributed by atoms with E-state index in [-0.39, 0.29) is 24.2 Å². The number of benzene rings is 1. The smallest absolute Gasteiger partial charge is 0.225 e. The van der Waals surface area contributed by atoms with Gasteiger partial charge in [0, 0.05) is 38.9 Å². The summed E-state index contributed by atoms with van der Waals surface area (Å²) in [6.45, 7) is 3.48. The molecule has 1 amide bonds. The van der Waals surface area contributed by atoms with Crippen molar-refractivity contribution in [3.63, 3.8) is 0 Å². The third kappa shape index (κ3) is 5.02. The number of hydrogen-bond donors (Lipinski definition) is 2. The third-order valence-corrected chi connectivity index (χ3v) is 3.57. The Morgan fingerprint density at radius 3 is 2.60 bits per heavy atom. The largest absolute Gasteiger partial charge is 0.375 e. The molecule has 20 heavy (non-hydrogen) atoms. The Morgan fingerprint density at radius 2 is 2.00 bits per heavy atom. The van der Waals surface area contributed by atoms with Gasteiger partial charge in [-0.2, -0.15) is 0 Å². The van der Waals surface area contributed by atoms with Crippen molar-refractivity contribution in [2.45, 2.75) is 12.8 Å². The molecule has 0 unspecified atom stereocenters. The number of unbranched alkanes of at least 4 members (excludes halogenated alkanes) is 1. The van der Waals surface area contributed by atoms with Gasteiger partial charge in [-0.1, -0.05) is 18.2 Å². The molecule has 112 valence electrons. The molecule has 1 aromatic rings. The second-order valence-electron chi connectivity index (χ2n) is 5.11. The Labute approximate surface area is 127 Å². The van der Waals surface area contributed by atoms with E-state index in [9.17, 15) is 4.79 Å². The van der Waals surface area contributed by atoms with E-state index in [1.165, 1.54) is 5.69 Å². The average Bonchev–Trinajstić information content (AvgIpc) is 2.37. The van der Waals surface area contributed by atoms with Crippen LogP contribution in [0.1, 0.15) is 12.8 Å². The summed E-state index contributed by atoms with van der Waals surface area (Å²) in [5.41, 5.74) is 1.24. The highest BCUT2D eigenvalue weighted by Crippen LogP contribution is 2.11. The summed E-state index contributed by atoms with van der Waals surface area (Å²) in [5.74, 6) is 0.405. The number of carbonyl (C=O) groups is 1. The maximum Gasteiger partial charge on any atom is 0.225 e. The van der Waals surface area contributed by atoms with Crippen LogP contribution in [0.5, 0.6) is 0 Å². The molecule has 1 saturated heterocycles. The van der Waals surface area contributed by atoms with Gasteiger partial charge in [0.25, 0.3) is 0 Å². The van der Waals surface area contributed by atoms with E-state index in [0.717, 1.165) is 39.0 Å². The molecule has 4 nitrogen and oxygen atoms in total. The molecule has 1 aliphatic rings. The van der Waals surface area contributed by atoms with E-state index in [4.69, 9.17) is 0 Å². The molecule has 5 heteroatoms. The molecule has 0 spiro atoms. The predicted octanol–water partition coefficient (Wildman–Crippen LogP) is 1.66. The molecule has 2 N–H and O–H groups in total. The maximum atomic E-state index is 11.6. The first-order chi connectivity index (χ1) is 9.27. The summed E-state index contributed by atoms with van der Waals surface area (Å²) in [6, 6.07) is 10.4. The molecule has 0 aromatic heterocycles. The Balaban J connectivity index is 0.00000200. The molecule has 1 heterocycles. The third-order valence-electron chi connectivity index (χ3n) is 3.57. The van der Waals surface area contributed by atoms with E-state index < -0.39 is 0 Å². The number of nitrogens with one attached hydrogen (secondary N) is 2. The lowest BCUT2D eigenvalue weighted by Crippen LogP contribution is -2.50. The second kappa shape index (κ2) is 8.82. The van der Waals surface area contributed by atoms with Gasteiger partial charge >= 0.3 is 0 Å². The summed E-state index contributed by atoms with van der Waals surface area (Å²) in [5, 5.41) is 6.11. The SMILES string of the molecule is CN(CCCCNC(=O)C1CNC1)c1ccccc1.Cl. The molecule has 1 aliphatic heterocycles. The number of hydrogen-bond acceptors (Lipinski definition) is 3. The standard InChI is InChI=1S/C15H23N3O.ClH/c1-18(14-7-3-2-4-8-14)10-6-5-9-17-15(19)13-11-16-12-13;/h2-4,7-8,13,16H,5-6,9-12H2,1H3,(H,17,19);1H. The van der Waals surface area contributed by atoms with Crippen LogP contribution in [0.2, 0.25) is 0 Å². The molecule has 0 bridgehead atoms. The Kier molecular flexibility index (Phi) is 7.41. The van der Waals surface area contributed by atoms with Crippen molar-refractivity contribution in [1.29, 1.82) is 0 Å². The fourth-order valence-electron chi connectivity index (χ4n) is 2.12. The van der Waals surface area contributed by atoms with Crippen LogP contribution in [0.4, 0.5) is 5.69 Å². The van der Waals surface area contributed by atoms with Crippen molar-refractivity contribution in [2.75, 3.05) is 38.1 Å². The number of halogens is 1. The van der Waals surface area contributed by atoms with Crippen LogP contribution in [0.3, 0.4) is 0 Å².